The molecule has 29 heavy (non-hydrogen) atoms. The molecule has 8 nitrogen and oxygen atoms in total. The summed E-state index contributed by atoms with van der Waals surface area (Å²) in [5, 5.41) is 5.23. The van der Waals surface area contributed by atoms with Gasteiger partial charge in [0, 0.05) is 36.7 Å². The number of carbonyl (C=O) groups excluding carboxylic acids is 2. The Kier molecular flexibility index (Phi) is 5.39. The zero-order chi connectivity index (χ0) is 20.2. The minimum atomic E-state index is -0.431. The summed E-state index contributed by atoms with van der Waals surface area (Å²) in [5.74, 6) is 0.923. The number of nitrogens with one attached hydrogen (secondary N) is 1. The molecule has 0 radical (unpaired) electrons. The molecule has 0 spiro atoms. The average molecular weight is 410 g/mol. The second-order valence-corrected chi connectivity index (χ2v) is 7.25. The zero-order valence-corrected chi connectivity index (χ0v) is 16.4. The molecule has 1 aliphatic heterocycles. The third-order valence-corrected chi connectivity index (χ3v) is 5.21. The molecule has 2 aromatic heterocycles. The third-order valence-electron chi connectivity index (χ3n) is 4.41. The Morgan fingerprint density at radius 3 is 2.83 bits per heavy atom. The lowest BCUT2D eigenvalue weighted by Crippen LogP contribution is -2.28. The number of thiazole rings is 1. The predicted molar refractivity (Wildman–Crippen MR) is 109 cm³/mol. The molecule has 1 fully saturated rings. The van der Waals surface area contributed by atoms with Crippen LogP contribution in [0.25, 0.3) is 0 Å². The van der Waals surface area contributed by atoms with Gasteiger partial charge in [0.25, 0.3) is 0 Å². The summed E-state index contributed by atoms with van der Waals surface area (Å²) in [6, 6.07) is 10.6. The largest absolute Gasteiger partial charge is 0.497 e. The molecule has 9 heteroatoms. The van der Waals surface area contributed by atoms with Gasteiger partial charge in [-0.05, 0) is 18.2 Å². The van der Waals surface area contributed by atoms with Gasteiger partial charge in [-0.3, -0.25) is 14.5 Å². The summed E-state index contributed by atoms with van der Waals surface area (Å²) < 4.78 is 10.9. The van der Waals surface area contributed by atoms with Gasteiger partial charge in [0.15, 0.2) is 5.13 Å². The number of carbonyl (C=O) groups is 2. The van der Waals surface area contributed by atoms with Crippen molar-refractivity contribution in [3.63, 3.8) is 0 Å². The third kappa shape index (κ3) is 4.35. The highest BCUT2D eigenvalue weighted by molar-refractivity contribution is 7.13. The first-order valence-electron chi connectivity index (χ1n) is 8.91. The van der Waals surface area contributed by atoms with Crippen LogP contribution in [0, 0.1) is 5.92 Å². The van der Waals surface area contributed by atoms with E-state index < -0.39 is 5.92 Å². The Labute approximate surface area is 171 Å². The molecule has 3 aromatic rings. The summed E-state index contributed by atoms with van der Waals surface area (Å²) >= 11 is 1.38. The fraction of sp³-hybridized carbons (Fsp3) is 0.200. The summed E-state index contributed by atoms with van der Waals surface area (Å²) in [6.45, 7) is 0.322. The molecule has 2 amide bonds. The lowest BCUT2D eigenvalue weighted by molar-refractivity contribution is -0.122. The number of ether oxygens (including phenoxy) is 2. The van der Waals surface area contributed by atoms with E-state index in [2.05, 4.69) is 15.3 Å². The monoisotopic (exact) mass is 410 g/mol. The lowest BCUT2D eigenvalue weighted by atomic mass is 10.1. The van der Waals surface area contributed by atoms with Crippen molar-refractivity contribution in [2.24, 2.45) is 5.92 Å². The Balaban J connectivity index is 1.36. The molecule has 1 N–H and O–H groups in total. The molecule has 1 aliphatic rings. The van der Waals surface area contributed by atoms with E-state index in [0.29, 0.717) is 34.7 Å². The number of benzene rings is 1. The van der Waals surface area contributed by atoms with Crippen molar-refractivity contribution < 1.29 is 19.1 Å². The Hall–Kier alpha value is -3.46. The van der Waals surface area contributed by atoms with Crippen molar-refractivity contribution >= 4 is 34.0 Å². The molecule has 1 atom stereocenters. The Bertz CT molecular complexity index is 1010. The van der Waals surface area contributed by atoms with E-state index in [9.17, 15) is 9.59 Å². The standard InChI is InChI=1S/C20H18N4O4S/c1-27-15-3-2-4-16(10-15)28-17-6-5-14(11-22-17)23-19(26)13-9-18(25)24(12-13)20-21-7-8-29-20/h2-8,10-11,13H,9,12H2,1H3,(H,23,26). The van der Waals surface area contributed by atoms with E-state index in [1.807, 2.05) is 12.1 Å². The van der Waals surface area contributed by atoms with Gasteiger partial charge in [-0.15, -0.1) is 11.3 Å². The van der Waals surface area contributed by atoms with Crippen molar-refractivity contribution in [1.82, 2.24) is 9.97 Å². The van der Waals surface area contributed by atoms with Crippen molar-refractivity contribution in [3.05, 3.63) is 54.2 Å². The average Bonchev–Trinajstić information content (AvgIpc) is 3.39. The summed E-state index contributed by atoms with van der Waals surface area (Å²) in [6.07, 6.45) is 3.32. The minimum absolute atomic E-state index is 0.0970. The number of amides is 2. The van der Waals surface area contributed by atoms with Crippen LogP contribution < -0.4 is 19.7 Å². The van der Waals surface area contributed by atoms with Gasteiger partial charge >= 0.3 is 0 Å². The van der Waals surface area contributed by atoms with Gasteiger partial charge < -0.3 is 14.8 Å². The fourth-order valence-electron chi connectivity index (χ4n) is 2.96. The highest BCUT2D eigenvalue weighted by atomic mass is 32.1. The highest BCUT2D eigenvalue weighted by Gasteiger charge is 2.36. The number of hydrogen-bond acceptors (Lipinski definition) is 7. The number of rotatable bonds is 6. The second-order valence-electron chi connectivity index (χ2n) is 6.38. The van der Waals surface area contributed by atoms with E-state index >= 15 is 0 Å². The number of aromatic nitrogens is 2. The maximum absolute atomic E-state index is 12.5. The van der Waals surface area contributed by atoms with Crippen molar-refractivity contribution in [1.29, 1.82) is 0 Å². The molecule has 1 aromatic carbocycles. The molecule has 0 bridgehead atoms. The topological polar surface area (TPSA) is 93.6 Å². The zero-order valence-electron chi connectivity index (χ0n) is 15.6. The molecule has 4 rings (SSSR count). The highest BCUT2D eigenvalue weighted by Crippen LogP contribution is 2.28. The molecule has 1 unspecified atom stereocenters. The van der Waals surface area contributed by atoms with Gasteiger partial charge in [0.1, 0.15) is 11.5 Å². The van der Waals surface area contributed by atoms with Crippen LogP contribution in [0.15, 0.2) is 54.2 Å². The van der Waals surface area contributed by atoms with E-state index in [4.69, 9.17) is 9.47 Å². The van der Waals surface area contributed by atoms with Crippen LogP contribution in [-0.2, 0) is 9.59 Å². The van der Waals surface area contributed by atoms with Gasteiger partial charge in [-0.25, -0.2) is 9.97 Å². The lowest BCUT2D eigenvalue weighted by Gasteiger charge is -2.13. The van der Waals surface area contributed by atoms with E-state index in [1.165, 1.54) is 17.5 Å². The van der Waals surface area contributed by atoms with Crippen LogP contribution >= 0.6 is 11.3 Å². The molecule has 0 aliphatic carbocycles. The Morgan fingerprint density at radius 2 is 2.10 bits per heavy atom. The van der Waals surface area contributed by atoms with Crippen LogP contribution in [0.2, 0.25) is 0 Å². The van der Waals surface area contributed by atoms with E-state index in [0.717, 1.165) is 0 Å². The number of nitrogens with zero attached hydrogens (tertiary/aromatic N) is 3. The van der Waals surface area contributed by atoms with Crippen molar-refractivity contribution in [2.75, 3.05) is 23.9 Å². The van der Waals surface area contributed by atoms with Gasteiger partial charge in [-0.2, -0.15) is 0 Å². The van der Waals surface area contributed by atoms with E-state index in [1.54, 1.807) is 47.9 Å². The van der Waals surface area contributed by atoms with Gasteiger partial charge in [-0.1, -0.05) is 6.07 Å². The minimum Gasteiger partial charge on any atom is -0.497 e. The summed E-state index contributed by atoms with van der Waals surface area (Å²) in [4.78, 5) is 34.6. The van der Waals surface area contributed by atoms with Crippen LogP contribution in [0.5, 0.6) is 17.4 Å². The second kappa shape index (κ2) is 8.27. The fourth-order valence-corrected chi connectivity index (χ4v) is 3.63. The first-order valence-corrected chi connectivity index (χ1v) is 9.79. The summed E-state index contributed by atoms with van der Waals surface area (Å²) in [7, 11) is 1.59. The van der Waals surface area contributed by atoms with Gasteiger partial charge in [0.05, 0.1) is 24.9 Å². The number of pyridine rings is 1. The smallest absolute Gasteiger partial charge is 0.229 e. The molecule has 1 saturated heterocycles. The van der Waals surface area contributed by atoms with Crippen molar-refractivity contribution in [2.45, 2.75) is 6.42 Å². The SMILES string of the molecule is COc1cccc(Oc2ccc(NC(=O)C3CC(=O)N(c4nccs4)C3)cn2)c1. The summed E-state index contributed by atoms with van der Waals surface area (Å²) in [5.41, 5.74) is 0.535. The van der Waals surface area contributed by atoms with E-state index in [-0.39, 0.29) is 18.2 Å². The number of anilines is 2. The van der Waals surface area contributed by atoms with Crippen LogP contribution in [0.1, 0.15) is 6.42 Å². The molecule has 148 valence electrons. The van der Waals surface area contributed by atoms with Crippen molar-refractivity contribution in [3.8, 4) is 17.4 Å². The first-order chi connectivity index (χ1) is 14.1. The van der Waals surface area contributed by atoms with Crippen LogP contribution in [0.3, 0.4) is 0 Å². The normalized spacial score (nSPS) is 16.0. The molecule has 0 saturated carbocycles. The van der Waals surface area contributed by atoms with Crippen LogP contribution in [-0.4, -0.2) is 35.4 Å². The Morgan fingerprint density at radius 1 is 1.24 bits per heavy atom. The molecule has 3 heterocycles. The maximum Gasteiger partial charge on any atom is 0.229 e. The number of methoxy groups -OCH3 is 1. The first kappa shape index (κ1) is 18.9. The van der Waals surface area contributed by atoms with Crippen LogP contribution in [0.4, 0.5) is 10.8 Å². The number of hydrogen-bond donors (Lipinski definition) is 1. The molecular weight excluding hydrogens is 392 g/mol. The predicted octanol–water partition coefficient (Wildman–Crippen LogP) is 3.33. The van der Waals surface area contributed by atoms with Gasteiger partial charge in [0.2, 0.25) is 17.7 Å². The molecular formula is C20H18N4O4S. The maximum atomic E-state index is 12.5. The quantitative estimate of drug-likeness (QED) is 0.670.